The molecule has 0 nitrogen and oxygen atoms in total. The van der Waals surface area contributed by atoms with E-state index in [1.807, 2.05) is 0 Å². The number of benzene rings is 1. The Kier molecular flexibility index (Phi) is 2.95. The molecule has 0 aromatic heterocycles. The van der Waals surface area contributed by atoms with Crippen molar-refractivity contribution in [2.75, 3.05) is 0 Å². The predicted molar refractivity (Wildman–Crippen MR) is 67.3 cm³/mol. The van der Waals surface area contributed by atoms with E-state index in [1.54, 1.807) is 22.3 Å². The molecule has 1 aliphatic rings. The van der Waals surface area contributed by atoms with Crippen LogP contribution in [0.3, 0.4) is 0 Å². The summed E-state index contributed by atoms with van der Waals surface area (Å²) in [5.41, 5.74) is 7.85. The average Bonchev–Trinajstić information content (AvgIpc) is 2.73. The summed E-state index contributed by atoms with van der Waals surface area (Å²) in [6.07, 6.45) is 9.25. The quantitative estimate of drug-likeness (QED) is 0.693. The molecule has 80 valence electrons. The van der Waals surface area contributed by atoms with E-state index in [0.717, 1.165) is 12.8 Å². The maximum atomic E-state index is 2.40. The van der Waals surface area contributed by atoms with Crippen LogP contribution in [-0.4, -0.2) is 0 Å². The smallest absolute Gasteiger partial charge is 0.00853 e. The molecule has 0 unspecified atom stereocenters. The van der Waals surface area contributed by atoms with Crippen molar-refractivity contribution >= 4 is 6.08 Å². The van der Waals surface area contributed by atoms with Crippen molar-refractivity contribution < 1.29 is 0 Å². The van der Waals surface area contributed by atoms with Crippen LogP contribution in [-0.2, 0) is 25.7 Å². The van der Waals surface area contributed by atoms with Crippen molar-refractivity contribution in [1.82, 2.24) is 0 Å². The molecule has 0 heterocycles. The Morgan fingerprint density at radius 1 is 1.00 bits per heavy atom. The Bertz CT molecular complexity index is 397. The van der Waals surface area contributed by atoms with Gasteiger partial charge in [-0.25, -0.2) is 0 Å². The van der Waals surface area contributed by atoms with Crippen LogP contribution in [0.1, 0.15) is 48.6 Å². The van der Waals surface area contributed by atoms with E-state index in [4.69, 9.17) is 0 Å². The second kappa shape index (κ2) is 4.22. The first-order chi connectivity index (χ1) is 7.31. The molecule has 0 radical (unpaired) electrons. The van der Waals surface area contributed by atoms with Crippen LogP contribution < -0.4 is 0 Å². The third kappa shape index (κ3) is 1.62. The number of hydrogen-bond acceptors (Lipinski definition) is 0. The van der Waals surface area contributed by atoms with Crippen LogP contribution in [0.5, 0.6) is 0 Å². The molecule has 15 heavy (non-hydrogen) atoms. The van der Waals surface area contributed by atoms with Gasteiger partial charge in [-0.1, -0.05) is 39.0 Å². The van der Waals surface area contributed by atoms with Crippen LogP contribution in [0.25, 0.3) is 6.08 Å². The van der Waals surface area contributed by atoms with Crippen molar-refractivity contribution in [3.8, 4) is 0 Å². The van der Waals surface area contributed by atoms with E-state index < -0.39 is 0 Å². The first kappa shape index (κ1) is 10.5. The zero-order valence-electron chi connectivity index (χ0n) is 10.1. The first-order valence-corrected chi connectivity index (χ1v) is 6.14. The highest BCUT2D eigenvalue weighted by molar-refractivity contribution is 5.65. The standard InChI is InChI=1S/C15H20/c1-4-11-10-12-8-7-9-15(12)14(6-3)13(11)5-2/h7-8,10H,4-6,9H2,1-3H3. The van der Waals surface area contributed by atoms with Crippen LogP contribution >= 0.6 is 0 Å². The normalized spacial score (nSPS) is 13.3. The highest BCUT2D eigenvalue weighted by Gasteiger charge is 2.15. The van der Waals surface area contributed by atoms with Gasteiger partial charge in [0, 0.05) is 0 Å². The third-order valence-corrected chi connectivity index (χ3v) is 3.50. The number of rotatable bonds is 3. The van der Waals surface area contributed by atoms with Crippen molar-refractivity contribution in [2.24, 2.45) is 0 Å². The molecule has 0 N–H and O–H groups in total. The number of fused-ring (bicyclic) bond motifs is 1. The molecule has 0 aliphatic heterocycles. The highest BCUT2D eigenvalue weighted by atomic mass is 14.2. The average molecular weight is 200 g/mol. The molecule has 0 amide bonds. The molecule has 0 heteroatoms. The van der Waals surface area contributed by atoms with E-state index in [0.29, 0.717) is 0 Å². The molecule has 0 saturated carbocycles. The lowest BCUT2D eigenvalue weighted by molar-refractivity contribution is 0.960. The summed E-state index contributed by atoms with van der Waals surface area (Å²) >= 11 is 0. The summed E-state index contributed by atoms with van der Waals surface area (Å²) in [7, 11) is 0. The maximum absolute atomic E-state index is 2.40. The maximum Gasteiger partial charge on any atom is -0.00853 e. The predicted octanol–water partition coefficient (Wildman–Crippen LogP) is 3.94. The topological polar surface area (TPSA) is 0 Å². The van der Waals surface area contributed by atoms with E-state index in [1.165, 1.54) is 18.4 Å². The van der Waals surface area contributed by atoms with E-state index in [9.17, 15) is 0 Å². The Morgan fingerprint density at radius 3 is 2.33 bits per heavy atom. The Labute approximate surface area is 93.0 Å². The minimum absolute atomic E-state index is 1.15. The monoisotopic (exact) mass is 200 g/mol. The summed E-state index contributed by atoms with van der Waals surface area (Å²) in [6, 6.07) is 2.40. The van der Waals surface area contributed by atoms with Crippen molar-refractivity contribution in [3.63, 3.8) is 0 Å². The molecule has 0 atom stereocenters. The fourth-order valence-electron chi connectivity index (χ4n) is 2.79. The Morgan fingerprint density at radius 2 is 1.73 bits per heavy atom. The summed E-state index contributed by atoms with van der Waals surface area (Å²) in [5.74, 6) is 0. The van der Waals surface area contributed by atoms with Gasteiger partial charge in [0.1, 0.15) is 0 Å². The highest BCUT2D eigenvalue weighted by Crippen LogP contribution is 2.30. The second-order valence-electron chi connectivity index (χ2n) is 4.23. The molecular formula is C15H20. The second-order valence-corrected chi connectivity index (χ2v) is 4.23. The van der Waals surface area contributed by atoms with Crippen molar-refractivity contribution in [1.29, 1.82) is 0 Å². The van der Waals surface area contributed by atoms with E-state index in [2.05, 4.69) is 39.0 Å². The number of allylic oxidation sites excluding steroid dienone is 1. The molecule has 0 saturated heterocycles. The van der Waals surface area contributed by atoms with Gasteiger partial charge in [0.05, 0.1) is 0 Å². The van der Waals surface area contributed by atoms with E-state index >= 15 is 0 Å². The van der Waals surface area contributed by atoms with Crippen LogP contribution in [0, 0.1) is 0 Å². The summed E-state index contributed by atoms with van der Waals surface area (Å²) < 4.78 is 0. The Balaban J connectivity index is 2.64. The molecule has 2 rings (SSSR count). The molecule has 1 aromatic carbocycles. The van der Waals surface area contributed by atoms with Crippen molar-refractivity contribution in [3.05, 3.63) is 40.0 Å². The van der Waals surface area contributed by atoms with Gasteiger partial charge in [-0.3, -0.25) is 0 Å². The van der Waals surface area contributed by atoms with Gasteiger partial charge in [0.15, 0.2) is 0 Å². The van der Waals surface area contributed by atoms with Gasteiger partial charge in [-0.15, -0.1) is 0 Å². The molecule has 1 aromatic rings. The van der Waals surface area contributed by atoms with Crippen LogP contribution in [0.4, 0.5) is 0 Å². The van der Waals surface area contributed by atoms with Gasteiger partial charge >= 0.3 is 0 Å². The molecule has 0 fully saturated rings. The van der Waals surface area contributed by atoms with Crippen LogP contribution in [0.15, 0.2) is 12.1 Å². The lowest BCUT2D eigenvalue weighted by atomic mass is 9.89. The SMILES string of the molecule is CCc1cc2c(c(CC)c1CC)CC=C2. The zero-order chi connectivity index (χ0) is 10.8. The van der Waals surface area contributed by atoms with Crippen LogP contribution in [0.2, 0.25) is 0 Å². The minimum Gasteiger partial charge on any atom is -0.0795 e. The van der Waals surface area contributed by atoms with Gasteiger partial charge in [0.2, 0.25) is 0 Å². The lowest BCUT2D eigenvalue weighted by Crippen LogP contribution is -2.03. The van der Waals surface area contributed by atoms with E-state index in [-0.39, 0.29) is 0 Å². The molecule has 0 spiro atoms. The Hall–Kier alpha value is -1.04. The van der Waals surface area contributed by atoms with Gasteiger partial charge in [0.25, 0.3) is 0 Å². The largest absolute Gasteiger partial charge is 0.0795 e. The summed E-state index contributed by atoms with van der Waals surface area (Å²) in [4.78, 5) is 0. The van der Waals surface area contributed by atoms with Crippen molar-refractivity contribution in [2.45, 2.75) is 46.5 Å². The summed E-state index contributed by atoms with van der Waals surface area (Å²) in [6.45, 7) is 6.83. The molecular weight excluding hydrogens is 180 g/mol. The minimum atomic E-state index is 1.15. The first-order valence-electron chi connectivity index (χ1n) is 6.14. The zero-order valence-corrected chi connectivity index (χ0v) is 10.1. The fraction of sp³-hybridized carbons (Fsp3) is 0.467. The fourth-order valence-corrected chi connectivity index (χ4v) is 2.79. The van der Waals surface area contributed by atoms with Gasteiger partial charge < -0.3 is 0 Å². The third-order valence-electron chi connectivity index (χ3n) is 3.50. The van der Waals surface area contributed by atoms with Gasteiger partial charge in [-0.2, -0.15) is 0 Å². The van der Waals surface area contributed by atoms with Gasteiger partial charge in [-0.05, 0) is 53.5 Å². The lowest BCUT2D eigenvalue weighted by Gasteiger charge is -2.16. The number of aryl methyl sites for hydroxylation is 1. The molecule has 0 bridgehead atoms. The molecule has 1 aliphatic carbocycles. The summed E-state index contributed by atoms with van der Waals surface area (Å²) in [5, 5.41) is 0. The number of hydrogen-bond donors (Lipinski definition) is 0.